The molecule has 0 amide bonds. The average molecular weight is 264 g/mol. The van der Waals surface area contributed by atoms with Crippen LogP contribution in [0.4, 0.5) is 0 Å². The van der Waals surface area contributed by atoms with Gasteiger partial charge in [-0.3, -0.25) is 4.98 Å². The van der Waals surface area contributed by atoms with Crippen molar-refractivity contribution in [1.82, 2.24) is 4.98 Å². The molecule has 0 bridgehead atoms. The molecule has 1 unspecified atom stereocenters. The van der Waals surface area contributed by atoms with Gasteiger partial charge in [-0.05, 0) is 30.7 Å². The van der Waals surface area contributed by atoms with Gasteiger partial charge < -0.3 is 9.84 Å². The van der Waals surface area contributed by atoms with Crippen LogP contribution in [-0.4, -0.2) is 10.1 Å². The van der Waals surface area contributed by atoms with E-state index in [4.69, 9.17) is 16.3 Å². The normalized spacial score (nSPS) is 12.2. The number of aliphatic hydroxyl groups is 1. The molecule has 0 saturated carbocycles. The number of aliphatic hydroxyl groups excluding tert-OH is 1. The number of hydrogen-bond acceptors (Lipinski definition) is 3. The number of hydrogen-bond donors (Lipinski definition) is 1. The number of ether oxygens (including phenoxy) is 1. The molecule has 0 aliphatic rings. The molecule has 0 radical (unpaired) electrons. The fraction of sp³-hybridized carbons (Fsp3) is 0.214. The lowest BCUT2D eigenvalue weighted by Crippen LogP contribution is -1.97. The molecule has 1 aromatic heterocycles. The Hall–Kier alpha value is -1.58. The van der Waals surface area contributed by atoms with E-state index in [2.05, 4.69) is 4.98 Å². The van der Waals surface area contributed by atoms with Crippen molar-refractivity contribution in [1.29, 1.82) is 0 Å². The Morgan fingerprint density at radius 1 is 1.39 bits per heavy atom. The topological polar surface area (TPSA) is 42.4 Å². The minimum atomic E-state index is -0.533. The Labute approximate surface area is 111 Å². The highest BCUT2D eigenvalue weighted by molar-refractivity contribution is 6.32. The number of rotatable bonds is 4. The SMILES string of the molecule is CC(O)c1ccc(OCc2cccnc2)c(Cl)c1. The van der Waals surface area contributed by atoms with Crippen molar-refractivity contribution in [3.8, 4) is 5.75 Å². The van der Waals surface area contributed by atoms with Gasteiger partial charge in [-0.1, -0.05) is 23.7 Å². The molecule has 1 atom stereocenters. The van der Waals surface area contributed by atoms with E-state index in [1.165, 1.54) is 0 Å². The van der Waals surface area contributed by atoms with Crippen LogP contribution in [0.2, 0.25) is 5.02 Å². The second-order valence-electron chi connectivity index (χ2n) is 4.02. The van der Waals surface area contributed by atoms with E-state index < -0.39 is 6.10 Å². The lowest BCUT2D eigenvalue weighted by molar-refractivity contribution is 0.199. The molecule has 94 valence electrons. The lowest BCUT2D eigenvalue weighted by Gasteiger charge is -2.10. The molecule has 1 heterocycles. The van der Waals surface area contributed by atoms with Crippen LogP contribution in [0.5, 0.6) is 5.75 Å². The summed E-state index contributed by atoms with van der Waals surface area (Å²) in [6.45, 7) is 2.11. The van der Waals surface area contributed by atoms with Crippen molar-refractivity contribution in [2.24, 2.45) is 0 Å². The second-order valence-corrected chi connectivity index (χ2v) is 4.42. The number of halogens is 1. The molecule has 0 saturated heterocycles. The summed E-state index contributed by atoms with van der Waals surface area (Å²) in [5, 5.41) is 9.94. The first kappa shape index (κ1) is 12.9. The molecule has 1 aromatic carbocycles. The molecular weight excluding hydrogens is 250 g/mol. The quantitative estimate of drug-likeness (QED) is 0.920. The molecule has 2 rings (SSSR count). The first-order valence-corrected chi connectivity index (χ1v) is 6.04. The molecule has 0 fully saturated rings. The van der Waals surface area contributed by atoms with E-state index in [1.807, 2.05) is 12.1 Å². The van der Waals surface area contributed by atoms with E-state index in [1.54, 1.807) is 37.5 Å². The predicted molar refractivity (Wildman–Crippen MR) is 70.7 cm³/mol. The molecular formula is C14H14ClNO2. The Balaban J connectivity index is 2.06. The standard InChI is InChI=1S/C14H14ClNO2/c1-10(17)12-4-5-14(13(15)7-12)18-9-11-3-2-6-16-8-11/h2-8,10,17H,9H2,1H3. The summed E-state index contributed by atoms with van der Waals surface area (Å²) in [4.78, 5) is 4.01. The molecule has 4 heteroatoms. The summed E-state index contributed by atoms with van der Waals surface area (Å²) in [6.07, 6.45) is 2.93. The smallest absolute Gasteiger partial charge is 0.138 e. The van der Waals surface area contributed by atoms with Crippen LogP contribution in [0.25, 0.3) is 0 Å². The van der Waals surface area contributed by atoms with Gasteiger partial charge in [0.15, 0.2) is 0 Å². The van der Waals surface area contributed by atoms with Gasteiger partial charge in [0.2, 0.25) is 0 Å². The van der Waals surface area contributed by atoms with E-state index >= 15 is 0 Å². The van der Waals surface area contributed by atoms with E-state index in [0.717, 1.165) is 11.1 Å². The van der Waals surface area contributed by atoms with Crippen LogP contribution >= 0.6 is 11.6 Å². The second kappa shape index (κ2) is 5.85. The number of benzene rings is 1. The number of pyridine rings is 1. The van der Waals surface area contributed by atoms with Crippen LogP contribution in [-0.2, 0) is 6.61 Å². The first-order valence-electron chi connectivity index (χ1n) is 5.66. The molecule has 0 aliphatic carbocycles. The van der Waals surface area contributed by atoms with E-state index in [-0.39, 0.29) is 0 Å². The lowest BCUT2D eigenvalue weighted by atomic mass is 10.1. The number of aromatic nitrogens is 1. The third-order valence-corrected chi connectivity index (χ3v) is 2.85. The Kier molecular flexibility index (Phi) is 4.18. The van der Waals surface area contributed by atoms with Gasteiger partial charge in [0.05, 0.1) is 11.1 Å². The fourth-order valence-electron chi connectivity index (χ4n) is 1.54. The summed E-state index contributed by atoms with van der Waals surface area (Å²) in [7, 11) is 0. The Bertz CT molecular complexity index is 514. The maximum Gasteiger partial charge on any atom is 0.138 e. The molecule has 0 aliphatic heterocycles. The molecule has 2 aromatic rings. The van der Waals surface area contributed by atoms with Crippen LogP contribution < -0.4 is 4.74 Å². The number of nitrogens with zero attached hydrogens (tertiary/aromatic N) is 1. The average Bonchev–Trinajstić information content (AvgIpc) is 2.38. The molecule has 1 N–H and O–H groups in total. The summed E-state index contributed by atoms with van der Waals surface area (Å²) in [5.41, 5.74) is 1.75. The Morgan fingerprint density at radius 3 is 2.83 bits per heavy atom. The summed E-state index contributed by atoms with van der Waals surface area (Å²) in [6, 6.07) is 9.07. The summed E-state index contributed by atoms with van der Waals surface area (Å²) >= 11 is 6.09. The molecule has 18 heavy (non-hydrogen) atoms. The highest BCUT2D eigenvalue weighted by atomic mass is 35.5. The Morgan fingerprint density at radius 2 is 2.22 bits per heavy atom. The highest BCUT2D eigenvalue weighted by Gasteiger charge is 2.06. The van der Waals surface area contributed by atoms with Crippen LogP contribution in [0, 0.1) is 0 Å². The minimum Gasteiger partial charge on any atom is -0.487 e. The third-order valence-electron chi connectivity index (χ3n) is 2.56. The van der Waals surface area contributed by atoms with Gasteiger partial charge in [0.25, 0.3) is 0 Å². The van der Waals surface area contributed by atoms with Crippen molar-refractivity contribution in [2.75, 3.05) is 0 Å². The van der Waals surface area contributed by atoms with Gasteiger partial charge in [0.1, 0.15) is 12.4 Å². The van der Waals surface area contributed by atoms with E-state index in [9.17, 15) is 5.11 Å². The van der Waals surface area contributed by atoms with Crippen LogP contribution in [0.1, 0.15) is 24.2 Å². The van der Waals surface area contributed by atoms with Crippen LogP contribution in [0.3, 0.4) is 0 Å². The van der Waals surface area contributed by atoms with Gasteiger partial charge in [-0.15, -0.1) is 0 Å². The van der Waals surface area contributed by atoms with Crippen molar-refractivity contribution in [2.45, 2.75) is 19.6 Å². The predicted octanol–water partition coefficient (Wildman–Crippen LogP) is 3.37. The van der Waals surface area contributed by atoms with Crippen molar-refractivity contribution in [3.63, 3.8) is 0 Å². The summed E-state index contributed by atoms with van der Waals surface area (Å²) < 4.78 is 5.60. The van der Waals surface area contributed by atoms with Gasteiger partial charge in [-0.2, -0.15) is 0 Å². The third kappa shape index (κ3) is 3.22. The fourth-order valence-corrected chi connectivity index (χ4v) is 1.78. The monoisotopic (exact) mass is 263 g/mol. The maximum atomic E-state index is 9.44. The van der Waals surface area contributed by atoms with Crippen LogP contribution in [0.15, 0.2) is 42.7 Å². The van der Waals surface area contributed by atoms with Crippen molar-refractivity contribution >= 4 is 11.6 Å². The first-order chi connectivity index (χ1) is 8.66. The zero-order valence-corrected chi connectivity index (χ0v) is 10.8. The zero-order chi connectivity index (χ0) is 13.0. The van der Waals surface area contributed by atoms with Gasteiger partial charge >= 0.3 is 0 Å². The van der Waals surface area contributed by atoms with Gasteiger partial charge in [-0.25, -0.2) is 0 Å². The molecule has 0 spiro atoms. The zero-order valence-electron chi connectivity index (χ0n) is 10.0. The highest BCUT2D eigenvalue weighted by Crippen LogP contribution is 2.28. The summed E-state index contributed by atoms with van der Waals surface area (Å²) in [5.74, 6) is 0.602. The van der Waals surface area contributed by atoms with Crippen molar-refractivity contribution in [3.05, 3.63) is 58.9 Å². The maximum absolute atomic E-state index is 9.44. The van der Waals surface area contributed by atoms with E-state index in [0.29, 0.717) is 17.4 Å². The molecule has 3 nitrogen and oxygen atoms in total. The van der Waals surface area contributed by atoms with Crippen molar-refractivity contribution < 1.29 is 9.84 Å². The minimum absolute atomic E-state index is 0.418. The van der Waals surface area contributed by atoms with Gasteiger partial charge in [0, 0.05) is 18.0 Å². The largest absolute Gasteiger partial charge is 0.487 e.